The molecule has 0 saturated carbocycles. The Bertz CT molecular complexity index is 1850. The smallest absolute Gasteiger partial charge is 0.462 e. The van der Waals surface area contributed by atoms with E-state index in [1.807, 2.05) is 0 Å². The second kappa shape index (κ2) is 62.6. The Morgan fingerprint density at radius 3 is 0.911 bits per heavy atom. The van der Waals surface area contributed by atoms with Crippen LogP contribution in [0.15, 0.2) is 24.3 Å². The van der Waals surface area contributed by atoms with Gasteiger partial charge in [-0.3, -0.25) is 37.3 Å². The first-order valence-electron chi connectivity index (χ1n) is 36.3. The standard InChI is InChI=1S/C71H134O17P2/c1-7-9-11-13-15-17-18-19-20-23-26-29-36-42-48-54-69(74)82-60-67(87-70(75)55-49-43-37-30-27-24-21-22-25-28-33-39-45-51-63(3)4)62-86-90(79,80)84-58-65(72)57-83-89(77,78)85-61-66(59-81-68(73)53-47-41-35-16-14-12-10-8-2)88-71(76)56-50-44-38-32-31-34-40-46-52-64(5)6/h17-20,63-67,72H,7-16,21-62H2,1-6H3,(H,77,78)(H,79,80)/b18-17-,20-19-/t65-,66+,67+/m0/s1. The van der Waals surface area contributed by atoms with Crippen LogP contribution < -0.4 is 0 Å². The number of aliphatic hydroxyl groups excluding tert-OH is 1. The van der Waals surface area contributed by atoms with Crippen molar-refractivity contribution >= 4 is 39.5 Å². The lowest BCUT2D eigenvalue weighted by Crippen LogP contribution is -2.30. The van der Waals surface area contributed by atoms with Crippen LogP contribution in [0.1, 0.15) is 337 Å². The molecule has 0 fully saturated rings. The van der Waals surface area contributed by atoms with E-state index in [1.165, 1.54) is 128 Å². The monoisotopic (exact) mass is 1320 g/mol. The summed E-state index contributed by atoms with van der Waals surface area (Å²) in [6.07, 6.45) is 50.9. The molecular formula is C71H134O17P2. The third kappa shape index (κ3) is 64.3. The summed E-state index contributed by atoms with van der Waals surface area (Å²) in [5.41, 5.74) is 0. The van der Waals surface area contributed by atoms with E-state index in [0.717, 1.165) is 127 Å². The van der Waals surface area contributed by atoms with Crippen LogP contribution in [0, 0.1) is 11.8 Å². The van der Waals surface area contributed by atoms with Gasteiger partial charge in [-0.05, 0) is 63.2 Å². The van der Waals surface area contributed by atoms with Crippen molar-refractivity contribution in [1.29, 1.82) is 0 Å². The Hall–Kier alpha value is -2.46. The summed E-state index contributed by atoms with van der Waals surface area (Å²) in [6.45, 7) is 9.43. The second-order valence-electron chi connectivity index (χ2n) is 25.9. The van der Waals surface area contributed by atoms with Crippen LogP contribution in [-0.2, 0) is 65.4 Å². The molecule has 3 N–H and O–H groups in total. The molecule has 0 aromatic rings. The summed E-state index contributed by atoms with van der Waals surface area (Å²) in [7, 11) is -9.91. The number of carbonyl (C=O) groups is 4. The van der Waals surface area contributed by atoms with Crippen molar-refractivity contribution in [2.45, 2.75) is 355 Å². The molecule has 0 heterocycles. The lowest BCUT2D eigenvalue weighted by molar-refractivity contribution is -0.161. The number of allylic oxidation sites excluding steroid dienone is 4. The molecule has 0 amide bonds. The average molecular weight is 1320 g/mol. The van der Waals surface area contributed by atoms with Crippen molar-refractivity contribution in [2.75, 3.05) is 39.6 Å². The van der Waals surface area contributed by atoms with E-state index in [1.54, 1.807) is 0 Å². The molecule has 17 nitrogen and oxygen atoms in total. The summed E-state index contributed by atoms with van der Waals surface area (Å²) >= 11 is 0. The molecule has 0 radical (unpaired) electrons. The van der Waals surface area contributed by atoms with Crippen LogP contribution in [0.4, 0.5) is 0 Å². The predicted molar refractivity (Wildman–Crippen MR) is 363 cm³/mol. The Kier molecular flexibility index (Phi) is 60.9. The van der Waals surface area contributed by atoms with Gasteiger partial charge in [0.25, 0.3) is 0 Å². The van der Waals surface area contributed by atoms with E-state index < -0.39 is 97.5 Å². The van der Waals surface area contributed by atoms with Gasteiger partial charge in [-0.15, -0.1) is 0 Å². The van der Waals surface area contributed by atoms with Crippen molar-refractivity contribution in [3.8, 4) is 0 Å². The molecule has 0 aromatic heterocycles. The molecule has 19 heteroatoms. The SMILES string of the molecule is CCCCCC/C=C\C=C/CCCCCCCC(=O)OC[C@H](COP(=O)(O)OC[C@@H](O)COP(=O)(O)OC[C@@H](COC(=O)CCCCCCCCCC)OC(=O)CCCCCCCCCCC(C)C)OC(=O)CCCCCCCCCCCCCCCC(C)C. The lowest BCUT2D eigenvalue weighted by Gasteiger charge is -2.21. The molecule has 0 aromatic carbocycles. The molecule has 0 saturated heterocycles. The van der Waals surface area contributed by atoms with E-state index in [9.17, 15) is 43.2 Å². The Labute approximate surface area is 548 Å². The molecule has 0 aliphatic heterocycles. The van der Waals surface area contributed by atoms with Crippen LogP contribution >= 0.6 is 15.6 Å². The number of aliphatic hydroxyl groups is 1. The summed E-state index contributed by atoms with van der Waals surface area (Å²) < 4.78 is 68.2. The molecule has 0 rings (SSSR count). The van der Waals surface area contributed by atoms with Gasteiger partial charge in [-0.2, -0.15) is 0 Å². The Morgan fingerprint density at radius 2 is 0.600 bits per heavy atom. The van der Waals surface area contributed by atoms with Gasteiger partial charge < -0.3 is 33.8 Å². The first-order valence-corrected chi connectivity index (χ1v) is 39.3. The van der Waals surface area contributed by atoms with Crippen LogP contribution in [-0.4, -0.2) is 96.7 Å². The molecule has 0 aliphatic carbocycles. The van der Waals surface area contributed by atoms with E-state index in [2.05, 4.69) is 65.8 Å². The summed E-state index contributed by atoms with van der Waals surface area (Å²) in [5, 5.41) is 10.6. The van der Waals surface area contributed by atoms with E-state index >= 15 is 0 Å². The fourth-order valence-electron chi connectivity index (χ4n) is 10.2. The highest BCUT2D eigenvalue weighted by Gasteiger charge is 2.30. The molecular weight excluding hydrogens is 1190 g/mol. The molecule has 5 atom stereocenters. The van der Waals surface area contributed by atoms with Crippen molar-refractivity contribution in [2.24, 2.45) is 11.8 Å². The molecule has 2 unspecified atom stereocenters. The van der Waals surface area contributed by atoms with Gasteiger partial charge in [0.05, 0.1) is 26.4 Å². The van der Waals surface area contributed by atoms with Gasteiger partial charge in [-0.25, -0.2) is 9.13 Å². The third-order valence-electron chi connectivity index (χ3n) is 15.8. The maximum atomic E-state index is 13.0. The number of phosphoric acid groups is 2. The zero-order chi connectivity index (χ0) is 66.5. The van der Waals surface area contributed by atoms with Crippen molar-refractivity contribution in [1.82, 2.24) is 0 Å². The number of rotatable bonds is 68. The molecule has 0 spiro atoms. The van der Waals surface area contributed by atoms with Crippen molar-refractivity contribution < 1.29 is 80.2 Å². The normalized spacial score (nSPS) is 14.3. The molecule has 530 valence electrons. The lowest BCUT2D eigenvalue weighted by atomic mass is 10.0. The highest BCUT2D eigenvalue weighted by molar-refractivity contribution is 7.47. The molecule has 0 bridgehead atoms. The zero-order valence-corrected chi connectivity index (χ0v) is 59.7. The summed E-state index contributed by atoms with van der Waals surface area (Å²) in [5.74, 6) is -0.656. The number of unbranched alkanes of at least 4 members (excludes halogenated alkanes) is 35. The highest BCUT2D eigenvalue weighted by atomic mass is 31.2. The summed E-state index contributed by atoms with van der Waals surface area (Å²) in [6, 6.07) is 0. The van der Waals surface area contributed by atoms with E-state index in [0.29, 0.717) is 25.7 Å². The van der Waals surface area contributed by atoms with Gasteiger partial charge in [0.15, 0.2) is 12.2 Å². The topological polar surface area (TPSA) is 237 Å². The largest absolute Gasteiger partial charge is 0.472 e. The van der Waals surface area contributed by atoms with Gasteiger partial charge in [0.2, 0.25) is 0 Å². The third-order valence-corrected chi connectivity index (χ3v) is 17.7. The van der Waals surface area contributed by atoms with Gasteiger partial charge in [0, 0.05) is 25.7 Å². The fraction of sp³-hybridized carbons (Fsp3) is 0.887. The van der Waals surface area contributed by atoms with E-state index in [4.69, 9.17) is 37.0 Å². The van der Waals surface area contributed by atoms with Crippen molar-refractivity contribution in [3.05, 3.63) is 24.3 Å². The number of esters is 4. The quantitative estimate of drug-likeness (QED) is 0.0169. The number of carbonyl (C=O) groups excluding carboxylic acids is 4. The summed E-state index contributed by atoms with van der Waals surface area (Å²) in [4.78, 5) is 72.5. The van der Waals surface area contributed by atoms with E-state index in [-0.39, 0.29) is 25.7 Å². The minimum atomic E-state index is -4.96. The van der Waals surface area contributed by atoms with Crippen molar-refractivity contribution in [3.63, 3.8) is 0 Å². The number of hydrogen-bond acceptors (Lipinski definition) is 15. The first-order chi connectivity index (χ1) is 43.4. The first kappa shape index (κ1) is 87.5. The van der Waals surface area contributed by atoms with Crippen LogP contribution in [0.2, 0.25) is 0 Å². The van der Waals surface area contributed by atoms with Crippen LogP contribution in [0.5, 0.6) is 0 Å². The predicted octanol–water partition coefficient (Wildman–Crippen LogP) is 19.9. The van der Waals surface area contributed by atoms with Gasteiger partial charge in [-0.1, -0.05) is 284 Å². The maximum absolute atomic E-state index is 13.0. The number of ether oxygens (including phenoxy) is 4. The second-order valence-corrected chi connectivity index (χ2v) is 28.8. The average Bonchev–Trinajstić information content (AvgIpc) is 3.68. The minimum absolute atomic E-state index is 0.100. The zero-order valence-electron chi connectivity index (χ0n) is 57.9. The number of hydrogen-bond donors (Lipinski definition) is 3. The highest BCUT2D eigenvalue weighted by Crippen LogP contribution is 2.45. The number of phosphoric ester groups is 2. The van der Waals surface area contributed by atoms with Crippen LogP contribution in [0.3, 0.4) is 0 Å². The van der Waals surface area contributed by atoms with Gasteiger partial charge >= 0.3 is 39.5 Å². The van der Waals surface area contributed by atoms with Crippen LogP contribution in [0.25, 0.3) is 0 Å². The van der Waals surface area contributed by atoms with Gasteiger partial charge in [0.1, 0.15) is 19.3 Å². The maximum Gasteiger partial charge on any atom is 0.472 e. The Morgan fingerprint density at radius 1 is 0.344 bits per heavy atom. The molecule has 90 heavy (non-hydrogen) atoms. The fourth-order valence-corrected chi connectivity index (χ4v) is 11.8. The molecule has 0 aliphatic rings. The minimum Gasteiger partial charge on any atom is -0.462 e. The Balaban J connectivity index is 5.26.